The summed E-state index contributed by atoms with van der Waals surface area (Å²) in [7, 11) is 1.98. The van der Waals surface area contributed by atoms with Crippen molar-refractivity contribution in [3.8, 4) is 0 Å². The first-order chi connectivity index (χ1) is 10.3. The molecule has 0 amide bonds. The highest BCUT2D eigenvalue weighted by molar-refractivity contribution is 5.55. The van der Waals surface area contributed by atoms with Crippen molar-refractivity contribution in [3.05, 3.63) is 42.2 Å². The molecule has 1 aliphatic rings. The van der Waals surface area contributed by atoms with Gasteiger partial charge in [0.25, 0.3) is 0 Å². The molecule has 0 radical (unpaired) electrons. The molecule has 2 aromatic rings. The molecular weight excluding hydrogens is 264 g/mol. The van der Waals surface area contributed by atoms with Gasteiger partial charge in [-0.2, -0.15) is 5.10 Å². The highest BCUT2D eigenvalue weighted by Gasteiger charge is 2.10. The molecule has 0 bridgehead atoms. The molecule has 1 fully saturated rings. The maximum atomic E-state index is 5.38. The number of morpholine rings is 1. The first-order valence-corrected chi connectivity index (χ1v) is 7.46. The second-order valence-electron chi connectivity index (χ2n) is 5.27. The average molecular weight is 286 g/mol. The molecule has 3 rings (SSSR count). The minimum Gasteiger partial charge on any atom is -0.385 e. The van der Waals surface area contributed by atoms with Crippen LogP contribution in [0.4, 0.5) is 11.4 Å². The summed E-state index contributed by atoms with van der Waals surface area (Å²) in [5.74, 6) is 0. The number of benzene rings is 1. The van der Waals surface area contributed by atoms with Crippen LogP contribution in [0, 0.1) is 0 Å². The van der Waals surface area contributed by atoms with Gasteiger partial charge in [0, 0.05) is 56.4 Å². The van der Waals surface area contributed by atoms with Crippen LogP contribution in [-0.2, 0) is 18.2 Å². The Bertz CT molecular complexity index is 558. The van der Waals surface area contributed by atoms with Gasteiger partial charge in [-0.15, -0.1) is 0 Å². The van der Waals surface area contributed by atoms with E-state index in [-0.39, 0.29) is 0 Å². The smallest absolute Gasteiger partial charge is 0.0642 e. The van der Waals surface area contributed by atoms with E-state index in [0.717, 1.165) is 45.0 Å². The summed E-state index contributed by atoms with van der Waals surface area (Å²) in [4.78, 5) is 2.36. The minimum absolute atomic E-state index is 0.824. The van der Waals surface area contributed by atoms with Crippen molar-refractivity contribution >= 4 is 11.4 Å². The Labute approximate surface area is 125 Å². The normalized spacial score (nSPS) is 15.2. The van der Waals surface area contributed by atoms with E-state index in [1.165, 1.54) is 11.4 Å². The van der Waals surface area contributed by atoms with Crippen LogP contribution >= 0.6 is 0 Å². The molecule has 0 unspecified atom stereocenters. The van der Waals surface area contributed by atoms with E-state index in [1.807, 2.05) is 17.9 Å². The number of aryl methyl sites for hydroxylation is 1. The van der Waals surface area contributed by atoms with Crippen molar-refractivity contribution in [2.24, 2.45) is 7.05 Å². The van der Waals surface area contributed by atoms with Crippen molar-refractivity contribution in [1.82, 2.24) is 9.78 Å². The van der Waals surface area contributed by atoms with Gasteiger partial charge in [-0.1, -0.05) is 0 Å². The van der Waals surface area contributed by atoms with Crippen LogP contribution < -0.4 is 10.2 Å². The van der Waals surface area contributed by atoms with Gasteiger partial charge in [-0.3, -0.25) is 4.68 Å². The van der Waals surface area contributed by atoms with Gasteiger partial charge in [0.2, 0.25) is 0 Å². The fourth-order valence-electron chi connectivity index (χ4n) is 2.59. The van der Waals surface area contributed by atoms with Crippen LogP contribution in [0.15, 0.2) is 36.5 Å². The van der Waals surface area contributed by atoms with Crippen LogP contribution in [0.2, 0.25) is 0 Å². The van der Waals surface area contributed by atoms with Gasteiger partial charge >= 0.3 is 0 Å². The quantitative estimate of drug-likeness (QED) is 0.912. The molecule has 1 aliphatic heterocycles. The second kappa shape index (κ2) is 6.63. The molecule has 0 spiro atoms. The number of rotatable bonds is 5. The molecule has 5 nitrogen and oxygen atoms in total. The fourth-order valence-corrected chi connectivity index (χ4v) is 2.59. The maximum Gasteiger partial charge on any atom is 0.0642 e. The number of ether oxygens (including phenoxy) is 1. The number of hydrogen-bond donors (Lipinski definition) is 1. The Hall–Kier alpha value is -2.01. The summed E-state index contributed by atoms with van der Waals surface area (Å²) in [6.45, 7) is 4.52. The molecule has 21 heavy (non-hydrogen) atoms. The summed E-state index contributed by atoms with van der Waals surface area (Å²) in [5, 5.41) is 7.63. The van der Waals surface area contributed by atoms with E-state index >= 15 is 0 Å². The third-order valence-electron chi connectivity index (χ3n) is 3.88. The van der Waals surface area contributed by atoms with Crippen molar-refractivity contribution in [2.45, 2.75) is 6.42 Å². The van der Waals surface area contributed by atoms with Gasteiger partial charge in [0.15, 0.2) is 0 Å². The standard InChI is InChI=1S/C16H22N4O/c1-19-15(7-9-18-19)6-8-17-14-2-4-16(5-3-14)20-10-12-21-13-11-20/h2-5,7,9,17H,6,8,10-13H2,1H3. The van der Waals surface area contributed by atoms with Gasteiger partial charge in [0.1, 0.15) is 0 Å². The van der Waals surface area contributed by atoms with Crippen molar-refractivity contribution in [2.75, 3.05) is 43.1 Å². The van der Waals surface area contributed by atoms with E-state index in [9.17, 15) is 0 Å². The van der Waals surface area contributed by atoms with E-state index < -0.39 is 0 Å². The summed E-state index contributed by atoms with van der Waals surface area (Å²) < 4.78 is 7.30. The predicted octanol–water partition coefficient (Wildman–Crippen LogP) is 1.91. The molecule has 1 aromatic heterocycles. The van der Waals surface area contributed by atoms with Gasteiger partial charge in [-0.05, 0) is 30.3 Å². The van der Waals surface area contributed by atoms with Crippen molar-refractivity contribution in [3.63, 3.8) is 0 Å². The molecule has 0 atom stereocenters. The van der Waals surface area contributed by atoms with Crippen LogP contribution in [-0.4, -0.2) is 42.6 Å². The van der Waals surface area contributed by atoms with Crippen LogP contribution in [0.3, 0.4) is 0 Å². The van der Waals surface area contributed by atoms with Crippen LogP contribution in [0.25, 0.3) is 0 Å². The van der Waals surface area contributed by atoms with E-state index in [0.29, 0.717) is 0 Å². The Morgan fingerprint density at radius 2 is 1.90 bits per heavy atom. The largest absolute Gasteiger partial charge is 0.385 e. The lowest BCUT2D eigenvalue weighted by molar-refractivity contribution is 0.122. The van der Waals surface area contributed by atoms with E-state index in [2.05, 4.69) is 45.6 Å². The van der Waals surface area contributed by atoms with Crippen LogP contribution in [0.1, 0.15) is 5.69 Å². The average Bonchev–Trinajstić information content (AvgIpc) is 2.94. The zero-order valence-corrected chi connectivity index (χ0v) is 12.5. The lowest BCUT2D eigenvalue weighted by atomic mass is 10.2. The first kappa shape index (κ1) is 13.9. The fraction of sp³-hybridized carbons (Fsp3) is 0.438. The lowest BCUT2D eigenvalue weighted by Crippen LogP contribution is -2.36. The Kier molecular flexibility index (Phi) is 4.40. The summed E-state index contributed by atoms with van der Waals surface area (Å²) in [5.41, 5.74) is 3.68. The van der Waals surface area contributed by atoms with Gasteiger partial charge in [-0.25, -0.2) is 0 Å². The van der Waals surface area contributed by atoms with E-state index in [1.54, 1.807) is 0 Å². The maximum absolute atomic E-state index is 5.38. The number of aromatic nitrogens is 2. The second-order valence-corrected chi connectivity index (χ2v) is 5.27. The molecule has 0 saturated carbocycles. The SMILES string of the molecule is Cn1nccc1CCNc1ccc(N2CCOCC2)cc1. The molecule has 1 N–H and O–H groups in total. The number of hydrogen-bond acceptors (Lipinski definition) is 4. The first-order valence-electron chi connectivity index (χ1n) is 7.46. The topological polar surface area (TPSA) is 42.3 Å². The zero-order valence-electron chi connectivity index (χ0n) is 12.5. The van der Waals surface area contributed by atoms with E-state index in [4.69, 9.17) is 4.74 Å². The monoisotopic (exact) mass is 286 g/mol. The molecule has 2 heterocycles. The predicted molar refractivity (Wildman–Crippen MR) is 84.9 cm³/mol. The molecule has 112 valence electrons. The Morgan fingerprint density at radius 3 is 2.57 bits per heavy atom. The summed E-state index contributed by atoms with van der Waals surface area (Å²) in [6.07, 6.45) is 2.81. The number of nitrogens with one attached hydrogen (secondary N) is 1. The Morgan fingerprint density at radius 1 is 1.14 bits per heavy atom. The van der Waals surface area contributed by atoms with Crippen molar-refractivity contribution in [1.29, 1.82) is 0 Å². The lowest BCUT2D eigenvalue weighted by Gasteiger charge is -2.28. The molecular formula is C16H22N4O. The summed E-state index contributed by atoms with van der Waals surface area (Å²) in [6, 6.07) is 10.7. The number of anilines is 2. The molecule has 1 aromatic carbocycles. The van der Waals surface area contributed by atoms with Crippen molar-refractivity contribution < 1.29 is 4.74 Å². The van der Waals surface area contributed by atoms with Gasteiger partial charge < -0.3 is 15.0 Å². The Balaban J connectivity index is 1.51. The molecule has 5 heteroatoms. The third-order valence-corrected chi connectivity index (χ3v) is 3.88. The molecule has 1 saturated heterocycles. The zero-order chi connectivity index (χ0) is 14.5. The highest BCUT2D eigenvalue weighted by atomic mass is 16.5. The third kappa shape index (κ3) is 3.55. The highest BCUT2D eigenvalue weighted by Crippen LogP contribution is 2.19. The van der Waals surface area contributed by atoms with Gasteiger partial charge in [0.05, 0.1) is 13.2 Å². The van der Waals surface area contributed by atoms with Crippen LogP contribution in [0.5, 0.6) is 0 Å². The molecule has 0 aliphatic carbocycles. The number of nitrogens with zero attached hydrogens (tertiary/aromatic N) is 3. The minimum atomic E-state index is 0.824. The summed E-state index contributed by atoms with van der Waals surface area (Å²) >= 11 is 0.